The van der Waals surface area contributed by atoms with E-state index in [1.807, 2.05) is 36.4 Å². The van der Waals surface area contributed by atoms with Crippen LogP contribution in [0.4, 0.5) is 22.7 Å². The van der Waals surface area contributed by atoms with Gasteiger partial charge in [-0.3, -0.25) is 49.0 Å². The lowest BCUT2D eigenvalue weighted by atomic mass is 9.59. The van der Waals surface area contributed by atoms with E-state index in [-0.39, 0.29) is 56.3 Å². The number of nitro benzene ring substituents is 2. The smallest absolute Gasteiger partial charge is 0.281 e. The van der Waals surface area contributed by atoms with Crippen molar-refractivity contribution < 1.29 is 55.2 Å². The van der Waals surface area contributed by atoms with Gasteiger partial charge in [0.25, 0.3) is 43.2 Å². The summed E-state index contributed by atoms with van der Waals surface area (Å²) in [6.45, 7) is 11.5. The van der Waals surface area contributed by atoms with E-state index in [1.165, 1.54) is 116 Å². The predicted molar refractivity (Wildman–Crippen MR) is 489 cm³/mol. The number of nitrogens with zero attached hydrogens (tertiary/aromatic N) is 12. The Morgan fingerprint density at radius 2 is 0.984 bits per heavy atom. The molecule has 20 rings (SSSR count). The average molecular weight is 1810 g/mol. The molecule has 34 heteroatoms. The molecule has 8 aliphatic rings. The molecule has 4 saturated heterocycles. The van der Waals surface area contributed by atoms with Crippen LogP contribution >= 0.6 is 23.2 Å². The molecule has 0 radical (unpaired) electrons. The van der Waals surface area contributed by atoms with Gasteiger partial charge in [-0.15, -0.1) is 0 Å². The second-order valence-electron chi connectivity index (χ2n) is 35.4. The molecule has 2 amide bonds. The summed E-state index contributed by atoms with van der Waals surface area (Å²) in [4.78, 5) is 75.0. The van der Waals surface area contributed by atoms with Gasteiger partial charge >= 0.3 is 0 Å². The number of ether oxygens (including phenoxy) is 4. The Balaban J connectivity index is 0.000000167. The van der Waals surface area contributed by atoms with E-state index in [0.29, 0.717) is 73.1 Å². The highest BCUT2D eigenvalue weighted by Crippen LogP contribution is 2.57. The second-order valence-corrected chi connectivity index (χ2v) is 39.7. The van der Waals surface area contributed by atoms with Crippen molar-refractivity contribution in [3.63, 3.8) is 0 Å². The number of aromatic amines is 2. The summed E-state index contributed by atoms with van der Waals surface area (Å²) in [7, 11) is -9.26. The van der Waals surface area contributed by atoms with Crippen molar-refractivity contribution in [1.82, 2.24) is 58.7 Å². The minimum Gasteiger partial charge on any atom is -0.455 e. The molecule has 12 aromatic rings. The number of anilines is 2. The Labute approximate surface area is 749 Å². The van der Waals surface area contributed by atoms with Crippen molar-refractivity contribution >= 4 is 133 Å². The molecule has 664 valence electrons. The third kappa shape index (κ3) is 18.6. The Hall–Kier alpha value is -11.6. The largest absolute Gasteiger partial charge is 0.455 e. The maximum absolute atomic E-state index is 14.1. The van der Waals surface area contributed by atoms with Crippen LogP contribution in [-0.2, 0) is 42.6 Å². The van der Waals surface area contributed by atoms with Crippen LogP contribution in [-0.4, -0.2) is 180 Å². The first-order valence-corrected chi connectivity index (χ1v) is 47.7. The maximum Gasteiger partial charge on any atom is 0.281 e. The molecule has 0 unspecified atom stereocenters. The van der Waals surface area contributed by atoms with Crippen LogP contribution < -0.4 is 28.7 Å². The number of hydrogen-bond donors (Lipinski definition) is 4. The highest BCUT2D eigenvalue weighted by molar-refractivity contribution is 7.90. The van der Waals surface area contributed by atoms with Gasteiger partial charge in [-0.25, -0.2) is 36.2 Å². The van der Waals surface area contributed by atoms with Crippen LogP contribution in [0.1, 0.15) is 135 Å². The lowest BCUT2D eigenvalue weighted by molar-refractivity contribution is -0.383. The van der Waals surface area contributed by atoms with Gasteiger partial charge in [0.15, 0.2) is 0 Å². The summed E-state index contributed by atoms with van der Waals surface area (Å²) in [5, 5.41) is 36.9. The van der Waals surface area contributed by atoms with E-state index in [2.05, 4.69) is 83.4 Å². The van der Waals surface area contributed by atoms with Crippen LogP contribution in [0, 0.1) is 42.9 Å². The molecule has 30 nitrogen and oxygen atoms in total. The molecule has 128 heavy (non-hydrogen) atoms. The van der Waals surface area contributed by atoms with E-state index in [0.717, 1.165) is 161 Å². The van der Waals surface area contributed by atoms with Crippen LogP contribution in [0.5, 0.6) is 23.0 Å². The number of allylic oxidation sites excluding steroid dienone is 2. The van der Waals surface area contributed by atoms with E-state index < -0.39 is 62.9 Å². The quantitative estimate of drug-likeness (QED) is 0.0322. The number of halogens is 2. The highest BCUT2D eigenvalue weighted by Gasteiger charge is 2.43. The van der Waals surface area contributed by atoms with E-state index in [9.17, 15) is 46.7 Å². The Bertz CT molecular complexity index is 6550. The zero-order valence-corrected chi connectivity index (χ0v) is 73.7. The first-order chi connectivity index (χ1) is 62.0. The molecular weight excluding hydrogens is 1710 g/mol. The second kappa shape index (κ2) is 36.1. The number of aromatic nitrogens is 8. The first kappa shape index (κ1) is 85.8. The number of benzene rings is 6. The molecule has 6 aromatic carbocycles. The summed E-state index contributed by atoms with van der Waals surface area (Å²) in [5.74, 6) is -0.474. The van der Waals surface area contributed by atoms with Crippen LogP contribution in [0.25, 0.3) is 55.0 Å². The molecule has 6 aromatic heterocycles. The van der Waals surface area contributed by atoms with Gasteiger partial charge in [0, 0.05) is 180 Å². The molecule has 10 heterocycles. The van der Waals surface area contributed by atoms with Gasteiger partial charge in [0.2, 0.25) is 0 Å². The standard InChI is InChI=1S/2C47H49ClN8O7S/c48-35-4-2-32(3-5-35)40-26-47(12-1-13-47)14-8-34(40)30-53-16-18-54(19-17-53)36-6-7-39(44(23-36)63-37-22-33-9-15-49-45(33)50-27-37)46(57)52-64(60,61)38-24-42-41(43(25-38)56(58)59)28-51-55(42)29-31-10-20-62-21-11-31;48-35-4-2-32(3-5-35)40-26-47(12-1-13-47)14-8-34(40)29-53-16-18-54(19-17-53)36-6-7-39(44(23-36)63-37-22-33-9-15-49-45(33)50-27-37)46(57)52-64(60,61)38-24-42-41(43(25-38)56(58)59)30-55(51-42)28-31-10-20-62-21-11-31/h2-7,9,15,22-25,27-28,31H,1,8,10-14,16-21,26,29-30H2,(H,49,50)(H,52,57);2-7,9,15,22-25,27,30-31H,1,8,10-14,16-21,26,28-29H2,(H,49,50)(H,52,57). The van der Waals surface area contributed by atoms with Gasteiger partial charge < -0.3 is 38.7 Å². The Morgan fingerprint density at radius 3 is 1.44 bits per heavy atom. The number of nitro groups is 2. The number of piperazine rings is 2. The number of rotatable bonds is 24. The summed E-state index contributed by atoms with van der Waals surface area (Å²) in [5.41, 5.74) is 11.8. The molecule has 2 spiro atoms. The maximum atomic E-state index is 14.1. The van der Waals surface area contributed by atoms with Crippen molar-refractivity contribution in [2.24, 2.45) is 22.7 Å². The summed E-state index contributed by atoms with van der Waals surface area (Å²) in [6.07, 6.45) is 27.6. The minimum atomic E-state index is -4.63. The molecule has 4 aliphatic heterocycles. The topological polar surface area (TPSA) is 356 Å². The molecular formula is C94H98Cl2N16O14S2. The number of sulfonamides is 2. The fraction of sp³-hybridized carbons (Fsp3) is 0.383. The number of carbonyl (C=O) groups excluding carboxylic acids is 2. The number of pyridine rings is 2. The number of nitrogens with one attached hydrogen (secondary N) is 4. The third-order valence-electron chi connectivity index (χ3n) is 27.4. The van der Waals surface area contributed by atoms with Crippen molar-refractivity contribution in [2.45, 2.75) is 126 Å². The van der Waals surface area contributed by atoms with Gasteiger partial charge in [-0.05, 0) is 220 Å². The highest BCUT2D eigenvalue weighted by atomic mass is 35.5. The van der Waals surface area contributed by atoms with E-state index in [1.54, 1.807) is 76.5 Å². The molecule has 0 atom stereocenters. The molecule has 0 bridgehead atoms. The Kier molecular flexibility index (Phi) is 24.2. The third-order valence-corrected chi connectivity index (χ3v) is 30.5. The van der Waals surface area contributed by atoms with Crippen LogP contribution in [0.2, 0.25) is 10.0 Å². The molecule has 2 saturated carbocycles. The monoisotopic (exact) mass is 1810 g/mol. The van der Waals surface area contributed by atoms with E-state index >= 15 is 0 Å². The van der Waals surface area contributed by atoms with Gasteiger partial charge in [-0.1, -0.05) is 71.5 Å². The predicted octanol–water partition coefficient (Wildman–Crippen LogP) is 17.5. The van der Waals surface area contributed by atoms with Crippen molar-refractivity contribution in [2.75, 3.05) is 102 Å². The van der Waals surface area contributed by atoms with Crippen molar-refractivity contribution in [3.05, 3.63) is 234 Å². The van der Waals surface area contributed by atoms with Gasteiger partial charge in [0.1, 0.15) is 39.8 Å². The normalized spacial score (nSPS) is 18.4. The zero-order valence-electron chi connectivity index (χ0n) is 70.6. The number of hydrogen-bond acceptors (Lipinski definition) is 22. The van der Waals surface area contributed by atoms with Crippen LogP contribution in [0.15, 0.2) is 192 Å². The van der Waals surface area contributed by atoms with Gasteiger partial charge in [0.05, 0.1) is 65.6 Å². The fourth-order valence-corrected chi connectivity index (χ4v) is 22.0. The summed E-state index contributed by atoms with van der Waals surface area (Å²) >= 11 is 12.6. The summed E-state index contributed by atoms with van der Waals surface area (Å²) < 4.78 is 87.1. The van der Waals surface area contributed by atoms with Crippen molar-refractivity contribution in [3.8, 4) is 23.0 Å². The zero-order chi connectivity index (χ0) is 88.0. The number of carbonyl (C=O) groups is 2. The van der Waals surface area contributed by atoms with Crippen molar-refractivity contribution in [1.29, 1.82) is 0 Å². The SMILES string of the molecule is O=C(NS(=O)(=O)c1cc([N+](=O)[O-])c2cn(CC3CCOCC3)nc2c1)c1ccc(N2CCN(CC3=C(c4ccc(Cl)cc4)CC4(CCC4)CC3)CC2)cc1Oc1cnc2[nH]ccc2c1.O=C(NS(=O)(=O)c1cc([N+](=O)[O-])c2cnn(CC3CCOCC3)c2c1)c1ccc(N2CCN(CC3=C(c4ccc(Cl)cc4)CC4(CCC4)CC3)CC2)cc1Oc1cnc2[nH]ccc2c1. The molecule has 4 aliphatic carbocycles. The lowest BCUT2D eigenvalue weighted by Gasteiger charge is -2.47. The molecule has 4 N–H and O–H groups in total. The van der Waals surface area contributed by atoms with Crippen LogP contribution in [0.3, 0.4) is 0 Å². The minimum absolute atomic E-state index is 0.0385. The first-order valence-electron chi connectivity index (χ1n) is 43.9. The fourth-order valence-electron chi connectivity index (χ4n) is 19.8. The summed E-state index contributed by atoms with van der Waals surface area (Å²) in [6, 6.07) is 38.6. The lowest BCUT2D eigenvalue weighted by Crippen LogP contribution is -2.47. The number of amides is 2. The number of non-ortho nitro benzene ring substituents is 2. The number of H-pyrrole nitrogens is 2. The van der Waals surface area contributed by atoms with Gasteiger partial charge in [-0.2, -0.15) is 10.2 Å². The Morgan fingerprint density at radius 1 is 0.531 bits per heavy atom. The molecule has 6 fully saturated rings. The average Bonchev–Trinajstić information content (AvgIpc) is 1.65. The number of fused-ring (bicyclic) bond motifs is 4. The van der Waals surface area contributed by atoms with E-state index in [4.69, 9.17) is 42.1 Å².